The number of rotatable bonds is 5. The Bertz CT molecular complexity index is 607. The highest BCUT2D eigenvalue weighted by Crippen LogP contribution is 2.29. The number of carbonyl (C=O) groups is 1. The van der Waals surface area contributed by atoms with Gasteiger partial charge in [0.15, 0.2) is 0 Å². The predicted molar refractivity (Wildman–Crippen MR) is 77.8 cm³/mol. The summed E-state index contributed by atoms with van der Waals surface area (Å²) in [5.74, 6) is -0.846. The second-order valence-corrected chi connectivity index (χ2v) is 6.53. The Kier molecular flexibility index (Phi) is 5.75. The molecule has 1 amide bonds. The fraction of sp³-hybridized carbons (Fsp3) is 0.364. The molecule has 112 valence electrons. The van der Waals surface area contributed by atoms with Crippen LogP contribution in [0.5, 0.6) is 0 Å². The fourth-order valence-electron chi connectivity index (χ4n) is 1.24. The first-order valence-corrected chi connectivity index (χ1v) is 8.17. The van der Waals surface area contributed by atoms with Gasteiger partial charge in [0.05, 0.1) is 23.7 Å². The van der Waals surface area contributed by atoms with Crippen molar-refractivity contribution in [3.05, 3.63) is 22.4 Å². The number of ether oxygens (including phenoxy) is 1. The Hall–Kier alpha value is -1.35. The summed E-state index contributed by atoms with van der Waals surface area (Å²) in [7, 11) is -3.51. The maximum absolute atomic E-state index is 13.7. The lowest BCUT2D eigenvalue weighted by atomic mass is 10.2. The molecule has 0 spiro atoms. The zero-order valence-corrected chi connectivity index (χ0v) is 13.3. The van der Waals surface area contributed by atoms with Gasteiger partial charge in [0.1, 0.15) is 5.82 Å². The first kappa shape index (κ1) is 16.7. The standard InChI is InChI=1S/C11H14BrFN2O4S/c1-3-19-11(16)14-10-6-9(7(12)5-8(10)13)15-20(17,18)4-2/h5-6,15H,3-4H2,1-2H3,(H,14,16). The van der Waals surface area contributed by atoms with Crippen molar-refractivity contribution in [3.8, 4) is 0 Å². The molecule has 0 aliphatic carbocycles. The molecule has 6 nitrogen and oxygen atoms in total. The Morgan fingerprint density at radius 3 is 2.55 bits per heavy atom. The summed E-state index contributed by atoms with van der Waals surface area (Å²) in [4.78, 5) is 11.3. The van der Waals surface area contributed by atoms with Gasteiger partial charge in [-0.25, -0.2) is 17.6 Å². The Balaban J connectivity index is 3.06. The number of hydrogen-bond acceptors (Lipinski definition) is 4. The van der Waals surface area contributed by atoms with Gasteiger partial charge in [-0.1, -0.05) is 0 Å². The molecule has 2 N–H and O–H groups in total. The highest BCUT2D eigenvalue weighted by molar-refractivity contribution is 9.10. The SMILES string of the molecule is CCOC(=O)Nc1cc(NS(=O)(=O)CC)c(Br)cc1F. The number of nitrogens with one attached hydrogen (secondary N) is 2. The molecule has 0 aliphatic heterocycles. The maximum atomic E-state index is 13.7. The minimum absolute atomic E-state index is 0.125. The molecule has 0 bridgehead atoms. The largest absolute Gasteiger partial charge is 0.450 e. The number of hydrogen-bond donors (Lipinski definition) is 2. The molecule has 20 heavy (non-hydrogen) atoms. The van der Waals surface area contributed by atoms with Crippen molar-refractivity contribution in [1.29, 1.82) is 0 Å². The van der Waals surface area contributed by atoms with Crippen LogP contribution in [0, 0.1) is 5.82 Å². The highest BCUT2D eigenvalue weighted by Gasteiger charge is 2.15. The zero-order valence-electron chi connectivity index (χ0n) is 10.9. The predicted octanol–water partition coefficient (Wildman–Crippen LogP) is 2.92. The van der Waals surface area contributed by atoms with Crippen LogP contribution in [0.4, 0.5) is 20.6 Å². The molecule has 9 heteroatoms. The molecule has 0 saturated heterocycles. The molecule has 0 atom stereocenters. The number of anilines is 2. The van der Waals surface area contributed by atoms with Gasteiger partial charge in [0, 0.05) is 4.47 Å². The van der Waals surface area contributed by atoms with Gasteiger partial charge in [-0.05, 0) is 41.9 Å². The van der Waals surface area contributed by atoms with E-state index in [0.717, 1.165) is 6.07 Å². The summed E-state index contributed by atoms with van der Waals surface area (Å²) in [6.45, 7) is 3.22. The van der Waals surface area contributed by atoms with Gasteiger partial charge in [-0.2, -0.15) is 0 Å². The van der Waals surface area contributed by atoms with E-state index >= 15 is 0 Å². The molecule has 0 aliphatic rings. The second kappa shape index (κ2) is 6.89. The van der Waals surface area contributed by atoms with Gasteiger partial charge in [0.2, 0.25) is 10.0 Å². The van der Waals surface area contributed by atoms with Crippen molar-refractivity contribution < 1.29 is 22.3 Å². The maximum Gasteiger partial charge on any atom is 0.411 e. The van der Waals surface area contributed by atoms with Crippen LogP contribution >= 0.6 is 15.9 Å². The minimum Gasteiger partial charge on any atom is -0.450 e. The summed E-state index contributed by atoms with van der Waals surface area (Å²) in [6.07, 6.45) is -0.821. The molecule has 1 rings (SSSR count). The van der Waals surface area contributed by atoms with Crippen LogP contribution in [0.1, 0.15) is 13.8 Å². The summed E-state index contributed by atoms with van der Waals surface area (Å²) >= 11 is 3.05. The summed E-state index contributed by atoms with van der Waals surface area (Å²) in [6, 6.07) is 2.22. The number of sulfonamides is 1. The Morgan fingerprint density at radius 1 is 1.35 bits per heavy atom. The van der Waals surface area contributed by atoms with Gasteiger partial charge in [-0.15, -0.1) is 0 Å². The summed E-state index contributed by atoms with van der Waals surface area (Å²) in [5.41, 5.74) is -0.0551. The minimum atomic E-state index is -3.51. The van der Waals surface area contributed by atoms with E-state index in [4.69, 9.17) is 0 Å². The van der Waals surface area contributed by atoms with E-state index in [1.54, 1.807) is 6.92 Å². The third-order valence-electron chi connectivity index (χ3n) is 2.21. The Labute approximate surface area is 124 Å². The van der Waals surface area contributed by atoms with Crippen molar-refractivity contribution >= 4 is 43.4 Å². The van der Waals surface area contributed by atoms with E-state index in [0.29, 0.717) is 0 Å². The third kappa shape index (κ3) is 4.64. The normalized spacial score (nSPS) is 11.0. The van der Waals surface area contributed by atoms with E-state index < -0.39 is 21.9 Å². The van der Waals surface area contributed by atoms with Crippen molar-refractivity contribution in [2.75, 3.05) is 22.4 Å². The second-order valence-electron chi connectivity index (χ2n) is 3.66. The molecular weight excluding hydrogens is 355 g/mol. The lowest BCUT2D eigenvalue weighted by Crippen LogP contribution is -2.17. The first-order chi connectivity index (χ1) is 9.29. The van der Waals surface area contributed by atoms with Crippen molar-refractivity contribution in [3.63, 3.8) is 0 Å². The van der Waals surface area contributed by atoms with E-state index in [1.807, 2.05) is 0 Å². The lowest BCUT2D eigenvalue weighted by Gasteiger charge is -2.12. The van der Waals surface area contributed by atoms with E-state index in [1.165, 1.54) is 13.0 Å². The van der Waals surface area contributed by atoms with Crippen LogP contribution in [0.15, 0.2) is 16.6 Å². The van der Waals surface area contributed by atoms with E-state index in [-0.39, 0.29) is 28.2 Å². The average Bonchev–Trinajstić information content (AvgIpc) is 2.35. The smallest absolute Gasteiger partial charge is 0.411 e. The molecule has 0 radical (unpaired) electrons. The van der Waals surface area contributed by atoms with Crippen LogP contribution in [-0.2, 0) is 14.8 Å². The molecule has 0 saturated carbocycles. The van der Waals surface area contributed by atoms with Crippen molar-refractivity contribution in [1.82, 2.24) is 0 Å². The Morgan fingerprint density at radius 2 is 2.00 bits per heavy atom. The van der Waals surface area contributed by atoms with Crippen LogP contribution in [0.25, 0.3) is 0 Å². The molecule has 0 heterocycles. The molecule has 1 aromatic rings. The molecule has 0 unspecified atom stereocenters. The van der Waals surface area contributed by atoms with Crippen molar-refractivity contribution in [2.24, 2.45) is 0 Å². The van der Waals surface area contributed by atoms with Crippen LogP contribution in [0.2, 0.25) is 0 Å². The van der Waals surface area contributed by atoms with Gasteiger partial charge in [-0.3, -0.25) is 10.0 Å². The van der Waals surface area contributed by atoms with Gasteiger partial charge in [0.25, 0.3) is 0 Å². The topological polar surface area (TPSA) is 84.5 Å². The quantitative estimate of drug-likeness (QED) is 0.836. The lowest BCUT2D eigenvalue weighted by molar-refractivity contribution is 0.168. The fourth-order valence-corrected chi connectivity index (χ4v) is 2.43. The van der Waals surface area contributed by atoms with E-state index in [2.05, 4.69) is 30.7 Å². The molecular formula is C11H14BrFN2O4S. The van der Waals surface area contributed by atoms with E-state index in [9.17, 15) is 17.6 Å². The third-order valence-corrected chi connectivity index (χ3v) is 4.16. The van der Waals surface area contributed by atoms with Gasteiger partial charge < -0.3 is 4.74 Å². The first-order valence-electron chi connectivity index (χ1n) is 5.72. The zero-order chi connectivity index (χ0) is 15.3. The van der Waals surface area contributed by atoms with Crippen LogP contribution in [0.3, 0.4) is 0 Å². The number of amides is 1. The summed E-state index contributed by atoms with van der Waals surface area (Å²) < 4.78 is 43.8. The van der Waals surface area contributed by atoms with Crippen LogP contribution in [-0.4, -0.2) is 26.9 Å². The molecule has 0 aromatic heterocycles. The molecule has 0 fully saturated rings. The molecule has 1 aromatic carbocycles. The highest BCUT2D eigenvalue weighted by atomic mass is 79.9. The van der Waals surface area contributed by atoms with Gasteiger partial charge >= 0.3 is 6.09 Å². The number of carbonyl (C=O) groups excluding carboxylic acids is 1. The average molecular weight is 369 g/mol. The van der Waals surface area contributed by atoms with Crippen molar-refractivity contribution in [2.45, 2.75) is 13.8 Å². The monoisotopic (exact) mass is 368 g/mol. The number of benzene rings is 1. The van der Waals surface area contributed by atoms with Crippen LogP contribution < -0.4 is 10.0 Å². The number of halogens is 2. The summed E-state index contributed by atoms with van der Waals surface area (Å²) in [5, 5.41) is 2.19.